The standard InChI is InChI=1S/C28H31N3O3/c1-21-14-16-31(17-15-21)28(33)23-10-7-11-24(18-23)30-27(32)19-29-25-12-5-6-13-26(25)34-20-22-8-3-2-4-9-22/h2-13,18,21,29H,14-17,19-20H2,1H3,(H,30,32). The molecule has 0 unspecified atom stereocenters. The van der Waals surface area contributed by atoms with Crippen molar-refractivity contribution in [1.29, 1.82) is 0 Å². The maximum atomic E-state index is 12.8. The SMILES string of the molecule is CC1CCN(C(=O)c2cccc(NC(=O)CNc3ccccc3OCc3ccccc3)c2)CC1. The topological polar surface area (TPSA) is 70.7 Å². The number of para-hydroxylation sites is 2. The van der Waals surface area contributed by atoms with Crippen molar-refractivity contribution in [2.45, 2.75) is 26.4 Å². The normalized spacial score (nSPS) is 13.9. The van der Waals surface area contributed by atoms with Crippen molar-refractivity contribution in [2.75, 3.05) is 30.3 Å². The van der Waals surface area contributed by atoms with E-state index in [4.69, 9.17) is 4.74 Å². The average Bonchev–Trinajstić information content (AvgIpc) is 2.87. The summed E-state index contributed by atoms with van der Waals surface area (Å²) in [4.78, 5) is 27.3. The van der Waals surface area contributed by atoms with Crippen LogP contribution in [0.1, 0.15) is 35.7 Å². The highest BCUT2D eigenvalue weighted by atomic mass is 16.5. The number of anilines is 2. The van der Waals surface area contributed by atoms with Gasteiger partial charge in [0, 0.05) is 24.3 Å². The minimum atomic E-state index is -0.200. The first-order valence-electron chi connectivity index (χ1n) is 11.8. The highest BCUT2D eigenvalue weighted by Gasteiger charge is 2.21. The lowest BCUT2D eigenvalue weighted by atomic mass is 9.98. The van der Waals surface area contributed by atoms with Crippen molar-refractivity contribution in [3.63, 3.8) is 0 Å². The van der Waals surface area contributed by atoms with Crippen molar-refractivity contribution in [2.24, 2.45) is 5.92 Å². The lowest BCUT2D eigenvalue weighted by molar-refractivity contribution is -0.114. The Bertz CT molecular complexity index is 1110. The number of piperidine rings is 1. The first-order chi connectivity index (χ1) is 16.6. The molecular weight excluding hydrogens is 426 g/mol. The van der Waals surface area contributed by atoms with E-state index in [0.717, 1.165) is 37.2 Å². The summed E-state index contributed by atoms with van der Waals surface area (Å²) in [5.74, 6) is 1.17. The molecule has 0 radical (unpaired) electrons. The molecule has 34 heavy (non-hydrogen) atoms. The van der Waals surface area contributed by atoms with E-state index in [1.807, 2.05) is 59.5 Å². The molecule has 0 spiro atoms. The molecule has 0 aliphatic carbocycles. The van der Waals surface area contributed by atoms with Gasteiger partial charge in [0.05, 0.1) is 12.2 Å². The summed E-state index contributed by atoms with van der Waals surface area (Å²) >= 11 is 0. The van der Waals surface area contributed by atoms with E-state index in [0.29, 0.717) is 29.5 Å². The second-order valence-electron chi connectivity index (χ2n) is 8.73. The number of carbonyl (C=O) groups excluding carboxylic acids is 2. The van der Waals surface area contributed by atoms with Gasteiger partial charge in [-0.3, -0.25) is 9.59 Å². The first kappa shape index (κ1) is 23.4. The van der Waals surface area contributed by atoms with Gasteiger partial charge in [-0.2, -0.15) is 0 Å². The van der Waals surface area contributed by atoms with Gasteiger partial charge in [-0.05, 0) is 54.7 Å². The van der Waals surface area contributed by atoms with E-state index in [9.17, 15) is 9.59 Å². The van der Waals surface area contributed by atoms with E-state index in [-0.39, 0.29) is 18.4 Å². The quantitative estimate of drug-likeness (QED) is 0.488. The Kier molecular flexibility index (Phi) is 7.81. The summed E-state index contributed by atoms with van der Waals surface area (Å²) in [6.45, 7) is 4.31. The fraction of sp³-hybridized carbons (Fsp3) is 0.286. The molecule has 3 aromatic rings. The van der Waals surface area contributed by atoms with Crippen LogP contribution in [0.25, 0.3) is 0 Å². The summed E-state index contributed by atoms with van der Waals surface area (Å²) in [5, 5.41) is 6.03. The summed E-state index contributed by atoms with van der Waals surface area (Å²) < 4.78 is 5.94. The van der Waals surface area contributed by atoms with Gasteiger partial charge >= 0.3 is 0 Å². The number of amides is 2. The molecule has 2 amide bonds. The van der Waals surface area contributed by atoms with Gasteiger partial charge in [-0.15, -0.1) is 0 Å². The molecule has 3 aromatic carbocycles. The summed E-state index contributed by atoms with van der Waals surface area (Å²) in [5.41, 5.74) is 3.02. The number of rotatable bonds is 8. The van der Waals surface area contributed by atoms with Gasteiger partial charge in [0.15, 0.2) is 0 Å². The van der Waals surface area contributed by atoms with E-state index in [2.05, 4.69) is 17.6 Å². The molecule has 1 aliphatic heterocycles. The molecule has 4 rings (SSSR count). The Labute approximate surface area is 200 Å². The van der Waals surface area contributed by atoms with Crippen molar-refractivity contribution < 1.29 is 14.3 Å². The van der Waals surface area contributed by atoms with E-state index >= 15 is 0 Å². The van der Waals surface area contributed by atoms with Crippen LogP contribution < -0.4 is 15.4 Å². The zero-order chi connectivity index (χ0) is 23.8. The molecule has 1 fully saturated rings. The second-order valence-corrected chi connectivity index (χ2v) is 8.73. The molecule has 0 aromatic heterocycles. The first-order valence-corrected chi connectivity index (χ1v) is 11.8. The number of hydrogen-bond acceptors (Lipinski definition) is 4. The lowest BCUT2D eigenvalue weighted by Crippen LogP contribution is -2.37. The van der Waals surface area contributed by atoms with Crippen LogP contribution in [0.15, 0.2) is 78.9 Å². The Morgan fingerprint density at radius 1 is 0.941 bits per heavy atom. The second kappa shape index (κ2) is 11.4. The maximum absolute atomic E-state index is 12.8. The van der Waals surface area contributed by atoms with Gasteiger partial charge in [0.1, 0.15) is 12.4 Å². The van der Waals surface area contributed by atoms with Crippen LogP contribution in [0.4, 0.5) is 11.4 Å². The predicted octanol–water partition coefficient (Wildman–Crippen LogP) is 5.19. The van der Waals surface area contributed by atoms with Crippen LogP contribution >= 0.6 is 0 Å². The minimum absolute atomic E-state index is 0.0191. The van der Waals surface area contributed by atoms with Gasteiger partial charge in [-0.1, -0.05) is 55.5 Å². The highest BCUT2D eigenvalue weighted by molar-refractivity contribution is 5.98. The van der Waals surface area contributed by atoms with Crippen molar-refractivity contribution >= 4 is 23.2 Å². The molecule has 1 heterocycles. The molecule has 1 saturated heterocycles. The van der Waals surface area contributed by atoms with Gasteiger partial charge in [0.2, 0.25) is 5.91 Å². The zero-order valence-electron chi connectivity index (χ0n) is 19.5. The number of nitrogens with zero attached hydrogens (tertiary/aromatic N) is 1. The van der Waals surface area contributed by atoms with Crippen molar-refractivity contribution in [1.82, 2.24) is 4.90 Å². The fourth-order valence-electron chi connectivity index (χ4n) is 3.98. The maximum Gasteiger partial charge on any atom is 0.253 e. The van der Waals surface area contributed by atoms with E-state index in [1.165, 1.54) is 0 Å². The Morgan fingerprint density at radius 2 is 1.68 bits per heavy atom. The molecule has 0 atom stereocenters. The number of carbonyl (C=O) groups is 2. The third-order valence-electron chi connectivity index (χ3n) is 6.03. The van der Waals surface area contributed by atoms with Gasteiger partial charge in [0.25, 0.3) is 5.91 Å². The molecule has 2 N–H and O–H groups in total. The number of ether oxygens (including phenoxy) is 1. The zero-order valence-corrected chi connectivity index (χ0v) is 19.5. The lowest BCUT2D eigenvalue weighted by Gasteiger charge is -2.30. The predicted molar refractivity (Wildman–Crippen MR) is 135 cm³/mol. The van der Waals surface area contributed by atoms with Crippen molar-refractivity contribution in [3.05, 3.63) is 90.0 Å². The highest BCUT2D eigenvalue weighted by Crippen LogP contribution is 2.25. The molecule has 6 heteroatoms. The molecule has 176 valence electrons. The van der Waals surface area contributed by atoms with Gasteiger partial charge in [-0.25, -0.2) is 0 Å². The van der Waals surface area contributed by atoms with Gasteiger partial charge < -0.3 is 20.3 Å². The van der Waals surface area contributed by atoms with E-state index < -0.39 is 0 Å². The van der Waals surface area contributed by atoms with Crippen LogP contribution in [0.5, 0.6) is 5.75 Å². The van der Waals surface area contributed by atoms with E-state index in [1.54, 1.807) is 24.3 Å². The van der Waals surface area contributed by atoms with Crippen LogP contribution in [0.2, 0.25) is 0 Å². The largest absolute Gasteiger partial charge is 0.487 e. The van der Waals surface area contributed by atoms with Crippen molar-refractivity contribution in [3.8, 4) is 5.75 Å². The summed E-state index contributed by atoms with van der Waals surface area (Å²) in [6, 6.07) is 24.6. The summed E-state index contributed by atoms with van der Waals surface area (Å²) in [7, 11) is 0. The Morgan fingerprint density at radius 3 is 2.47 bits per heavy atom. The summed E-state index contributed by atoms with van der Waals surface area (Å²) in [6.07, 6.45) is 2.06. The third-order valence-corrected chi connectivity index (χ3v) is 6.03. The Hall–Kier alpha value is -3.80. The molecule has 0 saturated carbocycles. The fourth-order valence-corrected chi connectivity index (χ4v) is 3.98. The van der Waals surface area contributed by atoms with Crippen LogP contribution in [-0.2, 0) is 11.4 Å². The molecular formula is C28H31N3O3. The monoisotopic (exact) mass is 457 g/mol. The van der Waals surface area contributed by atoms with Crippen LogP contribution in [0, 0.1) is 5.92 Å². The van der Waals surface area contributed by atoms with Crippen LogP contribution in [0.3, 0.4) is 0 Å². The third kappa shape index (κ3) is 6.38. The Balaban J connectivity index is 1.31. The smallest absolute Gasteiger partial charge is 0.253 e. The molecule has 1 aliphatic rings. The number of hydrogen-bond donors (Lipinski definition) is 2. The molecule has 6 nitrogen and oxygen atoms in total. The van der Waals surface area contributed by atoms with Crippen LogP contribution in [-0.4, -0.2) is 36.3 Å². The molecule has 0 bridgehead atoms. The number of nitrogens with one attached hydrogen (secondary N) is 2. The minimum Gasteiger partial charge on any atom is -0.487 e. The number of likely N-dealkylation sites (tertiary alicyclic amines) is 1. The average molecular weight is 458 g/mol. The number of benzene rings is 3.